The summed E-state index contributed by atoms with van der Waals surface area (Å²) in [7, 11) is 0. The number of hydrogen-bond acceptors (Lipinski definition) is 1. The first-order valence-corrected chi connectivity index (χ1v) is 5.08. The van der Waals surface area contributed by atoms with Gasteiger partial charge in [0.2, 0.25) is 0 Å². The highest BCUT2D eigenvalue weighted by atomic mass is 32.2. The van der Waals surface area contributed by atoms with Crippen LogP contribution in [0.4, 0.5) is 13.2 Å². The van der Waals surface area contributed by atoms with E-state index in [0.717, 1.165) is 6.07 Å². The van der Waals surface area contributed by atoms with E-state index in [4.69, 9.17) is 0 Å². The van der Waals surface area contributed by atoms with Gasteiger partial charge in [-0.1, -0.05) is 18.2 Å². The Balaban J connectivity index is 2.92. The second kappa shape index (κ2) is 4.05. The maximum absolute atomic E-state index is 12.2. The summed E-state index contributed by atoms with van der Waals surface area (Å²) in [4.78, 5) is 0. The molecule has 0 bridgehead atoms. The highest BCUT2D eigenvalue weighted by Gasteiger charge is 2.30. The molecule has 0 aliphatic heterocycles. The molecule has 4 heteroatoms. The van der Waals surface area contributed by atoms with Gasteiger partial charge in [0.1, 0.15) is 0 Å². The Hall–Kier alpha value is -0.640. The molecule has 0 N–H and O–H groups in total. The number of alkyl halides is 3. The summed E-state index contributed by atoms with van der Waals surface area (Å²) in [6.07, 6.45) is -2.37. The number of benzene rings is 1. The average molecular weight is 206 g/mol. The summed E-state index contributed by atoms with van der Waals surface area (Å²) in [5.74, 6) is 0.615. The first-order valence-electron chi connectivity index (χ1n) is 3.69. The van der Waals surface area contributed by atoms with E-state index >= 15 is 0 Å². The lowest BCUT2D eigenvalue weighted by Gasteiger charge is -2.07. The van der Waals surface area contributed by atoms with Crippen molar-refractivity contribution in [1.29, 1.82) is 0 Å². The number of halogens is 3. The summed E-state index contributed by atoms with van der Waals surface area (Å²) < 4.78 is 36.6. The van der Waals surface area contributed by atoms with Crippen LogP contribution in [0.25, 0.3) is 0 Å². The molecule has 0 saturated heterocycles. The maximum atomic E-state index is 12.2. The van der Waals surface area contributed by atoms with Crippen molar-refractivity contribution in [3.8, 4) is 0 Å². The average Bonchev–Trinajstić information content (AvgIpc) is 2.04. The summed E-state index contributed by atoms with van der Waals surface area (Å²) >= 11 is 1.51. The molecule has 0 nitrogen and oxygen atoms in total. The van der Waals surface area contributed by atoms with Crippen LogP contribution in [0.1, 0.15) is 11.1 Å². The zero-order valence-electron chi connectivity index (χ0n) is 7.06. The van der Waals surface area contributed by atoms with Crippen LogP contribution in [0.3, 0.4) is 0 Å². The third kappa shape index (κ3) is 2.95. The van der Waals surface area contributed by atoms with Crippen LogP contribution in [-0.4, -0.2) is 6.26 Å². The summed E-state index contributed by atoms with van der Waals surface area (Å²) in [5, 5.41) is 0. The molecule has 0 radical (unpaired) electrons. The fourth-order valence-corrected chi connectivity index (χ4v) is 1.52. The van der Waals surface area contributed by atoms with Gasteiger partial charge in [0.25, 0.3) is 0 Å². The Morgan fingerprint density at radius 3 is 2.54 bits per heavy atom. The van der Waals surface area contributed by atoms with Crippen molar-refractivity contribution in [3.05, 3.63) is 35.4 Å². The minimum absolute atomic E-state index is 0.570. The van der Waals surface area contributed by atoms with Crippen LogP contribution < -0.4 is 0 Å². The smallest absolute Gasteiger partial charge is 0.166 e. The van der Waals surface area contributed by atoms with Gasteiger partial charge in [-0.15, -0.1) is 0 Å². The molecule has 1 rings (SSSR count). The molecule has 0 heterocycles. The van der Waals surface area contributed by atoms with Gasteiger partial charge in [-0.3, -0.25) is 0 Å². The molecular formula is C9H9F3S. The van der Waals surface area contributed by atoms with E-state index < -0.39 is 11.7 Å². The van der Waals surface area contributed by atoms with E-state index in [1.165, 1.54) is 23.9 Å². The Morgan fingerprint density at radius 1 is 1.31 bits per heavy atom. The molecule has 0 aliphatic carbocycles. The van der Waals surface area contributed by atoms with E-state index in [0.29, 0.717) is 11.3 Å². The van der Waals surface area contributed by atoms with Crippen LogP contribution >= 0.6 is 11.8 Å². The van der Waals surface area contributed by atoms with Crippen molar-refractivity contribution in [3.63, 3.8) is 0 Å². The Bertz CT molecular complexity index is 280. The van der Waals surface area contributed by atoms with E-state index in [1.807, 2.05) is 6.26 Å². The minimum atomic E-state index is -4.23. The zero-order valence-corrected chi connectivity index (χ0v) is 7.88. The van der Waals surface area contributed by atoms with Crippen LogP contribution in [0, 0.1) is 0 Å². The summed E-state index contributed by atoms with van der Waals surface area (Å²) in [5.41, 5.74) is 0.140. The van der Waals surface area contributed by atoms with Gasteiger partial charge < -0.3 is 0 Å². The molecule has 1 aromatic carbocycles. The minimum Gasteiger partial charge on any atom is -0.166 e. The Kier molecular flexibility index (Phi) is 3.25. The highest BCUT2D eigenvalue weighted by Crippen LogP contribution is 2.29. The molecule has 1 aromatic rings. The van der Waals surface area contributed by atoms with Crippen molar-refractivity contribution in [2.24, 2.45) is 0 Å². The van der Waals surface area contributed by atoms with Gasteiger partial charge >= 0.3 is 6.18 Å². The SMILES string of the molecule is CSCc1cccc(C(F)(F)F)c1. The molecule has 0 fully saturated rings. The third-order valence-corrected chi connectivity index (χ3v) is 2.19. The van der Waals surface area contributed by atoms with Crippen molar-refractivity contribution in [2.45, 2.75) is 11.9 Å². The van der Waals surface area contributed by atoms with Gasteiger partial charge in [-0.05, 0) is 17.9 Å². The van der Waals surface area contributed by atoms with Crippen molar-refractivity contribution >= 4 is 11.8 Å². The fourth-order valence-electron chi connectivity index (χ4n) is 1.00. The molecule has 0 atom stereocenters. The Labute approximate surface area is 79.1 Å². The normalized spacial score (nSPS) is 11.7. The lowest BCUT2D eigenvalue weighted by atomic mass is 10.1. The first kappa shape index (κ1) is 10.4. The first-order chi connectivity index (χ1) is 6.04. The summed E-state index contributed by atoms with van der Waals surface area (Å²) in [6.45, 7) is 0. The predicted molar refractivity (Wildman–Crippen MR) is 48.7 cm³/mol. The van der Waals surface area contributed by atoms with Gasteiger partial charge in [-0.25, -0.2) is 0 Å². The second-order valence-electron chi connectivity index (χ2n) is 2.63. The summed E-state index contributed by atoms with van der Waals surface area (Å²) in [6, 6.07) is 5.42. The lowest BCUT2D eigenvalue weighted by Crippen LogP contribution is -2.04. The number of rotatable bonds is 2. The molecular weight excluding hydrogens is 197 g/mol. The second-order valence-corrected chi connectivity index (χ2v) is 3.50. The van der Waals surface area contributed by atoms with Crippen LogP contribution in [0.15, 0.2) is 24.3 Å². The van der Waals surface area contributed by atoms with Gasteiger partial charge in [-0.2, -0.15) is 24.9 Å². The third-order valence-electron chi connectivity index (χ3n) is 1.57. The van der Waals surface area contributed by atoms with Crippen LogP contribution in [0.5, 0.6) is 0 Å². The van der Waals surface area contributed by atoms with Gasteiger partial charge in [0.15, 0.2) is 0 Å². The molecule has 0 unspecified atom stereocenters. The molecule has 0 spiro atoms. The molecule has 0 aromatic heterocycles. The fraction of sp³-hybridized carbons (Fsp3) is 0.333. The standard InChI is InChI=1S/C9H9F3S/c1-13-6-7-3-2-4-8(5-7)9(10,11)12/h2-5H,6H2,1H3. The molecule has 72 valence electrons. The highest BCUT2D eigenvalue weighted by molar-refractivity contribution is 7.97. The topological polar surface area (TPSA) is 0 Å². The zero-order chi connectivity index (χ0) is 9.90. The maximum Gasteiger partial charge on any atom is 0.416 e. The number of thioether (sulfide) groups is 1. The van der Waals surface area contributed by atoms with Gasteiger partial charge in [0, 0.05) is 5.75 Å². The predicted octanol–water partition coefficient (Wildman–Crippen LogP) is 3.57. The molecule has 0 amide bonds. The lowest BCUT2D eigenvalue weighted by molar-refractivity contribution is -0.137. The van der Waals surface area contributed by atoms with Crippen molar-refractivity contribution in [1.82, 2.24) is 0 Å². The van der Waals surface area contributed by atoms with E-state index in [-0.39, 0.29) is 0 Å². The molecule has 0 saturated carbocycles. The number of hydrogen-bond donors (Lipinski definition) is 0. The molecule has 0 aliphatic rings. The van der Waals surface area contributed by atoms with Crippen LogP contribution in [0.2, 0.25) is 0 Å². The van der Waals surface area contributed by atoms with Crippen molar-refractivity contribution in [2.75, 3.05) is 6.26 Å². The van der Waals surface area contributed by atoms with Gasteiger partial charge in [0.05, 0.1) is 5.56 Å². The quantitative estimate of drug-likeness (QED) is 0.712. The van der Waals surface area contributed by atoms with Crippen LogP contribution in [-0.2, 0) is 11.9 Å². The largest absolute Gasteiger partial charge is 0.416 e. The van der Waals surface area contributed by atoms with E-state index in [9.17, 15) is 13.2 Å². The van der Waals surface area contributed by atoms with Crippen molar-refractivity contribution < 1.29 is 13.2 Å². The van der Waals surface area contributed by atoms with E-state index in [1.54, 1.807) is 6.07 Å². The monoisotopic (exact) mass is 206 g/mol. The Morgan fingerprint density at radius 2 is 2.00 bits per heavy atom. The molecule has 13 heavy (non-hydrogen) atoms. The van der Waals surface area contributed by atoms with E-state index in [2.05, 4.69) is 0 Å².